The number of fused-ring (bicyclic) bond motifs is 1. The Labute approximate surface area is 124 Å². The van der Waals surface area contributed by atoms with Gasteiger partial charge in [-0.3, -0.25) is 10.1 Å². The molecule has 1 aromatic carbocycles. The van der Waals surface area contributed by atoms with Crippen LogP contribution in [0.3, 0.4) is 0 Å². The molecular formula is C13H13N5O2S. The van der Waals surface area contributed by atoms with E-state index in [9.17, 15) is 10.1 Å². The predicted octanol–water partition coefficient (Wildman–Crippen LogP) is 2.26. The average Bonchev–Trinajstić information content (AvgIpc) is 3.03. The summed E-state index contributed by atoms with van der Waals surface area (Å²) in [6, 6.07) is 6.34. The Morgan fingerprint density at radius 1 is 1.33 bits per heavy atom. The average molecular weight is 303 g/mol. The van der Waals surface area contributed by atoms with Crippen molar-refractivity contribution in [2.24, 2.45) is 5.73 Å². The van der Waals surface area contributed by atoms with Crippen molar-refractivity contribution in [2.75, 3.05) is 6.54 Å². The SMILES string of the molecule is NCCCc1nn2cc(-c3ccc([N+](=O)[O-])cc3)nc2s1. The van der Waals surface area contributed by atoms with E-state index in [-0.39, 0.29) is 5.69 Å². The number of aromatic nitrogens is 3. The lowest BCUT2D eigenvalue weighted by atomic mass is 10.1. The molecule has 0 fully saturated rings. The minimum absolute atomic E-state index is 0.0713. The molecule has 2 heterocycles. The lowest BCUT2D eigenvalue weighted by Gasteiger charge is -1.95. The van der Waals surface area contributed by atoms with Gasteiger partial charge in [-0.2, -0.15) is 5.10 Å². The van der Waals surface area contributed by atoms with Crippen LogP contribution in [0.25, 0.3) is 16.2 Å². The summed E-state index contributed by atoms with van der Waals surface area (Å²) in [7, 11) is 0. The summed E-state index contributed by atoms with van der Waals surface area (Å²) in [6.07, 6.45) is 3.60. The number of rotatable bonds is 5. The van der Waals surface area contributed by atoms with Gasteiger partial charge in [0.2, 0.25) is 4.96 Å². The van der Waals surface area contributed by atoms with Crippen LogP contribution >= 0.6 is 11.3 Å². The van der Waals surface area contributed by atoms with E-state index < -0.39 is 4.92 Å². The van der Waals surface area contributed by atoms with Crippen LogP contribution in [0.4, 0.5) is 5.69 Å². The highest BCUT2D eigenvalue weighted by Crippen LogP contribution is 2.24. The molecule has 108 valence electrons. The number of hydrogen-bond donors (Lipinski definition) is 1. The van der Waals surface area contributed by atoms with Crippen LogP contribution < -0.4 is 5.73 Å². The first-order chi connectivity index (χ1) is 10.2. The smallest absolute Gasteiger partial charge is 0.269 e. The number of benzene rings is 1. The van der Waals surface area contributed by atoms with E-state index in [1.54, 1.807) is 16.6 Å². The van der Waals surface area contributed by atoms with Crippen LogP contribution in [0.1, 0.15) is 11.4 Å². The van der Waals surface area contributed by atoms with Crippen LogP contribution in [-0.2, 0) is 6.42 Å². The number of aryl methyl sites for hydroxylation is 1. The third-order valence-corrected chi connectivity index (χ3v) is 4.04. The normalized spacial score (nSPS) is 11.1. The second-order valence-corrected chi connectivity index (χ2v) is 5.59. The van der Waals surface area contributed by atoms with Gasteiger partial charge >= 0.3 is 0 Å². The van der Waals surface area contributed by atoms with Crippen molar-refractivity contribution < 1.29 is 4.92 Å². The first-order valence-corrected chi connectivity index (χ1v) is 7.29. The summed E-state index contributed by atoms with van der Waals surface area (Å²) in [4.78, 5) is 15.5. The summed E-state index contributed by atoms with van der Waals surface area (Å²) in [5, 5.41) is 16.1. The fourth-order valence-corrected chi connectivity index (χ4v) is 2.91. The minimum Gasteiger partial charge on any atom is -0.330 e. The molecule has 0 bridgehead atoms. The van der Waals surface area contributed by atoms with E-state index in [1.807, 2.05) is 6.20 Å². The van der Waals surface area contributed by atoms with Crippen molar-refractivity contribution in [1.29, 1.82) is 0 Å². The van der Waals surface area contributed by atoms with Gasteiger partial charge in [-0.05, 0) is 25.1 Å². The topological polar surface area (TPSA) is 99.3 Å². The third kappa shape index (κ3) is 2.76. The van der Waals surface area contributed by atoms with E-state index in [2.05, 4.69) is 10.1 Å². The van der Waals surface area contributed by atoms with Crippen LogP contribution in [0.15, 0.2) is 30.5 Å². The van der Waals surface area contributed by atoms with Crippen LogP contribution in [0.5, 0.6) is 0 Å². The Hall–Kier alpha value is -2.32. The van der Waals surface area contributed by atoms with Crippen molar-refractivity contribution in [3.63, 3.8) is 0 Å². The Morgan fingerprint density at radius 3 is 2.71 bits per heavy atom. The van der Waals surface area contributed by atoms with Gasteiger partial charge in [-0.1, -0.05) is 11.3 Å². The predicted molar refractivity (Wildman–Crippen MR) is 80.3 cm³/mol. The number of nitrogens with zero attached hydrogens (tertiary/aromatic N) is 4. The summed E-state index contributed by atoms with van der Waals surface area (Å²) >= 11 is 1.54. The number of nitro groups is 1. The monoisotopic (exact) mass is 303 g/mol. The lowest BCUT2D eigenvalue weighted by molar-refractivity contribution is -0.384. The molecule has 0 amide bonds. The fraction of sp³-hybridized carbons (Fsp3) is 0.231. The maximum atomic E-state index is 10.6. The molecule has 7 nitrogen and oxygen atoms in total. The highest BCUT2D eigenvalue weighted by molar-refractivity contribution is 7.16. The first-order valence-electron chi connectivity index (χ1n) is 6.47. The van der Waals surface area contributed by atoms with Gasteiger partial charge in [0.05, 0.1) is 16.8 Å². The van der Waals surface area contributed by atoms with Gasteiger partial charge in [0.1, 0.15) is 5.01 Å². The Bertz CT molecular complexity index is 746. The van der Waals surface area contributed by atoms with E-state index in [4.69, 9.17) is 5.73 Å². The number of imidazole rings is 1. The summed E-state index contributed by atoms with van der Waals surface area (Å²) in [6.45, 7) is 0.649. The number of non-ortho nitro benzene ring substituents is 1. The zero-order valence-corrected chi connectivity index (χ0v) is 11.9. The highest BCUT2D eigenvalue weighted by atomic mass is 32.1. The van der Waals surface area contributed by atoms with Gasteiger partial charge in [-0.15, -0.1) is 0 Å². The van der Waals surface area contributed by atoms with Crippen molar-refractivity contribution in [2.45, 2.75) is 12.8 Å². The third-order valence-electron chi connectivity index (χ3n) is 3.05. The van der Waals surface area contributed by atoms with E-state index >= 15 is 0 Å². The van der Waals surface area contributed by atoms with E-state index in [0.29, 0.717) is 6.54 Å². The molecule has 0 atom stereocenters. The quantitative estimate of drug-likeness (QED) is 0.575. The zero-order chi connectivity index (χ0) is 14.8. The largest absolute Gasteiger partial charge is 0.330 e. The fourth-order valence-electron chi connectivity index (χ4n) is 1.99. The van der Waals surface area contributed by atoms with Crippen molar-refractivity contribution in [1.82, 2.24) is 14.6 Å². The number of hydrogen-bond acceptors (Lipinski definition) is 6. The Balaban J connectivity index is 1.87. The maximum Gasteiger partial charge on any atom is 0.269 e. The molecule has 8 heteroatoms. The summed E-state index contributed by atoms with van der Waals surface area (Å²) in [5.74, 6) is 0. The van der Waals surface area contributed by atoms with E-state index in [1.165, 1.54) is 23.5 Å². The molecule has 0 aliphatic carbocycles. The molecule has 0 aliphatic rings. The van der Waals surface area contributed by atoms with Crippen LogP contribution in [0, 0.1) is 10.1 Å². The number of nitrogens with two attached hydrogens (primary N) is 1. The molecule has 21 heavy (non-hydrogen) atoms. The van der Waals surface area contributed by atoms with Crippen LogP contribution in [0.2, 0.25) is 0 Å². The Morgan fingerprint density at radius 2 is 2.10 bits per heavy atom. The highest BCUT2D eigenvalue weighted by Gasteiger charge is 2.11. The molecule has 0 aliphatic heterocycles. The molecule has 0 radical (unpaired) electrons. The molecule has 2 N–H and O–H groups in total. The van der Waals surface area contributed by atoms with Gasteiger partial charge < -0.3 is 5.73 Å². The lowest BCUT2D eigenvalue weighted by Crippen LogP contribution is -2.00. The molecule has 0 saturated carbocycles. The minimum atomic E-state index is -0.416. The van der Waals surface area contributed by atoms with E-state index in [0.717, 1.165) is 34.1 Å². The van der Waals surface area contributed by atoms with Crippen LogP contribution in [-0.4, -0.2) is 26.1 Å². The molecular weight excluding hydrogens is 290 g/mol. The second kappa shape index (κ2) is 5.58. The van der Waals surface area contributed by atoms with Crippen molar-refractivity contribution >= 4 is 22.0 Å². The standard InChI is InChI=1S/C13H13N5O2S/c14-7-1-2-12-16-17-8-11(15-13(17)21-12)9-3-5-10(6-4-9)18(19)20/h3-6,8H,1-2,7,14H2. The Kier molecular flexibility index (Phi) is 3.63. The van der Waals surface area contributed by atoms with Gasteiger partial charge in [0.25, 0.3) is 5.69 Å². The molecule has 2 aromatic heterocycles. The molecule has 0 unspecified atom stereocenters. The van der Waals surface area contributed by atoms with Gasteiger partial charge in [-0.25, -0.2) is 9.50 Å². The summed E-state index contributed by atoms with van der Waals surface area (Å²) < 4.78 is 1.74. The molecule has 0 spiro atoms. The van der Waals surface area contributed by atoms with Gasteiger partial charge in [0.15, 0.2) is 0 Å². The van der Waals surface area contributed by atoms with Crippen molar-refractivity contribution in [3.05, 3.63) is 45.6 Å². The molecule has 0 saturated heterocycles. The summed E-state index contributed by atoms with van der Waals surface area (Å²) in [5.41, 5.74) is 7.15. The molecule has 3 rings (SSSR count). The maximum absolute atomic E-state index is 10.6. The second-order valence-electron chi connectivity index (χ2n) is 4.55. The molecule has 3 aromatic rings. The van der Waals surface area contributed by atoms with Crippen molar-refractivity contribution in [3.8, 4) is 11.3 Å². The first kappa shape index (κ1) is 13.7. The zero-order valence-electron chi connectivity index (χ0n) is 11.1. The van der Waals surface area contributed by atoms with Gasteiger partial charge in [0, 0.05) is 24.1 Å². The number of nitro benzene ring substituents is 1.